The van der Waals surface area contributed by atoms with E-state index in [1.165, 1.54) is 0 Å². The van der Waals surface area contributed by atoms with Gasteiger partial charge < -0.3 is 14.1 Å². The zero-order chi connectivity index (χ0) is 21.7. The predicted molar refractivity (Wildman–Crippen MR) is 104 cm³/mol. The van der Waals surface area contributed by atoms with Crippen LogP contribution in [0.3, 0.4) is 0 Å². The largest absolute Gasteiger partial charge is 0.444 e. The van der Waals surface area contributed by atoms with Crippen LogP contribution in [0, 0.1) is 0 Å². The number of nitrogens with zero attached hydrogens (tertiary/aromatic N) is 5. The van der Waals surface area contributed by atoms with Crippen LogP contribution >= 0.6 is 0 Å². The number of rotatable bonds is 4. The zero-order valence-corrected chi connectivity index (χ0v) is 17.7. The lowest BCUT2D eigenvalue weighted by atomic mass is 10.0. The van der Waals surface area contributed by atoms with Crippen molar-refractivity contribution in [3.05, 3.63) is 11.8 Å². The molecule has 4 rings (SSSR count). The summed E-state index contributed by atoms with van der Waals surface area (Å²) in [5.74, 6) is 1.35. The molecule has 2 saturated heterocycles. The molecule has 1 aromatic heterocycles. The van der Waals surface area contributed by atoms with Crippen molar-refractivity contribution in [1.29, 1.82) is 0 Å². The average molecular weight is 420 g/mol. The third-order valence-electron chi connectivity index (χ3n) is 5.68. The van der Waals surface area contributed by atoms with Gasteiger partial charge in [0.2, 0.25) is 11.8 Å². The number of hydrogen-bond donors (Lipinski definition) is 2. The minimum absolute atomic E-state index is 0.166. The topological polar surface area (TPSA) is 133 Å². The Balaban J connectivity index is 1.40. The standard InChI is InChI=1S/C19H28N6O5/c1-11(21-16(26)30-18(2,3)4)20-10-19(7-8-19)15-23-22-14(29-15)13-6-5-12-9-24(13)17(27)25(12)28/h12-13,28H,5-10H2,1-4H3,(H,20,21,26)/t12-,13+/m1/s1. The van der Waals surface area contributed by atoms with Gasteiger partial charge in [0.05, 0.1) is 18.0 Å². The van der Waals surface area contributed by atoms with Crippen molar-refractivity contribution >= 4 is 18.0 Å². The average Bonchev–Trinajstić information content (AvgIpc) is 3.23. The molecule has 0 aromatic carbocycles. The number of fused-ring (bicyclic) bond motifs is 2. The summed E-state index contributed by atoms with van der Waals surface area (Å²) >= 11 is 0. The number of amidine groups is 1. The fourth-order valence-electron chi connectivity index (χ4n) is 3.84. The Bertz CT molecular complexity index is 871. The maximum absolute atomic E-state index is 12.2. The Morgan fingerprint density at radius 2 is 2.10 bits per heavy atom. The number of urea groups is 1. The van der Waals surface area contributed by atoms with E-state index in [2.05, 4.69) is 20.5 Å². The lowest BCUT2D eigenvalue weighted by Crippen LogP contribution is -2.35. The van der Waals surface area contributed by atoms with Crippen molar-refractivity contribution in [2.24, 2.45) is 4.99 Å². The molecule has 1 saturated carbocycles. The third-order valence-corrected chi connectivity index (χ3v) is 5.68. The Kier molecular flexibility index (Phi) is 4.95. The van der Waals surface area contributed by atoms with Gasteiger partial charge in [0.15, 0.2) is 0 Å². The number of hydroxylamine groups is 2. The number of nitrogens with one attached hydrogen (secondary N) is 1. The molecule has 30 heavy (non-hydrogen) atoms. The van der Waals surface area contributed by atoms with Gasteiger partial charge in [-0.3, -0.25) is 15.5 Å². The first-order chi connectivity index (χ1) is 14.1. The van der Waals surface area contributed by atoms with Gasteiger partial charge in [0.1, 0.15) is 17.5 Å². The second-order valence-electron chi connectivity index (χ2n) is 9.28. The van der Waals surface area contributed by atoms with E-state index in [1.807, 2.05) is 0 Å². The van der Waals surface area contributed by atoms with E-state index in [0.29, 0.717) is 43.5 Å². The smallest absolute Gasteiger partial charge is 0.413 e. The quantitative estimate of drug-likeness (QED) is 0.434. The van der Waals surface area contributed by atoms with Crippen molar-refractivity contribution in [2.45, 2.75) is 76.5 Å². The molecule has 3 aliphatic rings. The molecule has 0 spiro atoms. The van der Waals surface area contributed by atoms with E-state index in [9.17, 15) is 14.8 Å². The monoisotopic (exact) mass is 420 g/mol. The fourth-order valence-corrected chi connectivity index (χ4v) is 3.84. The van der Waals surface area contributed by atoms with Gasteiger partial charge in [0, 0.05) is 6.54 Å². The highest BCUT2D eigenvalue weighted by molar-refractivity contribution is 5.93. The summed E-state index contributed by atoms with van der Waals surface area (Å²) in [6.07, 6.45) is 2.53. The first kappa shape index (κ1) is 20.6. The van der Waals surface area contributed by atoms with E-state index >= 15 is 0 Å². The van der Waals surface area contributed by atoms with Crippen LogP contribution in [0.5, 0.6) is 0 Å². The van der Waals surface area contributed by atoms with Gasteiger partial charge in [0.25, 0.3) is 0 Å². The lowest BCUT2D eigenvalue weighted by Gasteiger charge is -2.27. The Morgan fingerprint density at radius 1 is 1.37 bits per heavy atom. The van der Waals surface area contributed by atoms with Crippen LogP contribution in [0.25, 0.3) is 0 Å². The molecule has 3 amide bonds. The van der Waals surface area contributed by atoms with E-state index in [0.717, 1.165) is 17.9 Å². The number of carbonyl (C=O) groups is 2. The summed E-state index contributed by atoms with van der Waals surface area (Å²) in [6.45, 7) is 7.97. The maximum Gasteiger partial charge on any atom is 0.413 e. The zero-order valence-electron chi connectivity index (χ0n) is 17.7. The van der Waals surface area contributed by atoms with Crippen LogP contribution in [0.4, 0.5) is 9.59 Å². The van der Waals surface area contributed by atoms with Crippen molar-refractivity contribution in [3.63, 3.8) is 0 Å². The van der Waals surface area contributed by atoms with Gasteiger partial charge in [-0.2, -0.15) is 0 Å². The number of alkyl carbamates (subject to hydrolysis) is 1. The molecule has 3 heterocycles. The molecule has 2 bridgehead atoms. The molecule has 2 aliphatic heterocycles. The molecular weight excluding hydrogens is 392 g/mol. The molecular formula is C19H28N6O5. The van der Waals surface area contributed by atoms with Crippen molar-refractivity contribution in [3.8, 4) is 0 Å². The van der Waals surface area contributed by atoms with Crippen molar-refractivity contribution < 1.29 is 24.0 Å². The minimum Gasteiger partial charge on any atom is -0.444 e. The summed E-state index contributed by atoms with van der Waals surface area (Å²) < 4.78 is 11.2. The molecule has 11 nitrogen and oxygen atoms in total. The predicted octanol–water partition coefficient (Wildman–Crippen LogP) is 2.37. The summed E-state index contributed by atoms with van der Waals surface area (Å²) in [7, 11) is 0. The summed E-state index contributed by atoms with van der Waals surface area (Å²) in [5, 5.41) is 21.7. The second-order valence-corrected chi connectivity index (χ2v) is 9.28. The number of amides is 3. The molecule has 11 heteroatoms. The first-order valence-electron chi connectivity index (χ1n) is 10.2. The Morgan fingerprint density at radius 3 is 2.77 bits per heavy atom. The summed E-state index contributed by atoms with van der Waals surface area (Å²) in [4.78, 5) is 30.1. The van der Waals surface area contributed by atoms with Crippen LogP contribution in [0.1, 0.15) is 71.2 Å². The Labute approximate surface area is 174 Å². The van der Waals surface area contributed by atoms with E-state index in [4.69, 9.17) is 9.15 Å². The number of piperidine rings is 1. The number of ether oxygens (including phenoxy) is 1. The second kappa shape index (κ2) is 7.22. The maximum atomic E-state index is 12.2. The normalized spacial score (nSPS) is 25.5. The number of hydrogen-bond acceptors (Lipinski definition) is 8. The van der Waals surface area contributed by atoms with Gasteiger partial charge >= 0.3 is 12.1 Å². The van der Waals surface area contributed by atoms with Crippen LogP contribution in [-0.4, -0.2) is 68.1 Å². The van der Waals surface area contributed by atoms with Crippen molar-refractivity contribution in [1.82, 2.24) is 25.5 Å². The number of aliphatic imine (C=N–C) groups is 1. The van der Waals surface area contributed by atoms with E-state index < -0.39 is 17.7 Å². The summed E-state index contributed by atoms with van der Waals surface area (Å²) in [6, 6.07) is -0.903. The highest BCUT2D eigenvalue weighted by Crippen LogP contribution is 2.48. The van der Waals surface area contributed by atoms with Gasteiger partial charge in [-0.25, -0.2) is 14.7 Å². The number of carbonyl (C=O) groups excluding carboxylic acids is 2. The third kappa shape index (κ3) is 3.98. The highest BCUT2D eigenvalue weighted by atomic mass is 16.6. The van der Waals surface area contributed by atoms with E-state index in [1.54, 1.807) is 32.6 Å². The molecule has 3 fully saturated rings. The van der Waals surface area contributed by atoms with E-state index in [-0.39, 0.29) is 17.5 Å². The first-order valence-corrected chi connectivity index (χ1v) is 10.2. The molecule has 0 radical (unpaired) electrons. The number of aromatic nitrogens is 2. The fraction of sp³-hybridized carbons (Fsp3) is 0.737. The Hall–Kier alpha value is -2.69. The van der Waals surface area contributed by atoms with Crippen LogP contribution in [0.2, 0.25) is 0 Å². The molecule has 2 N–H and O–H groups in total. The van der Waals surface area contributed by atoms with Crippen LogP contribution in [-0.2, 0) is 10.2 Å². The van der Waals surface area contributed by atoms with Crippen molar-refractivity contribution in [2.75, 3.05) is 13.1 Å². The summed E-state index contributed by atoms with van der Waals surface area (Å²) in [5.41, 5.74) is -0.914. The van der Waals surface area contributed by atoms with Gasteiger partial charge in [-0.15, -0.1) is 10.2 Å². The SMILES string of the molecule is CC(=NCC1(c2nnc([C@@H]3CC[C@@H]4CN3C(=O)N4O)o2)CC1)NC(=O)OC(C)(C)C. The van der Waals surface area contributed by atoms with Gasteiger partial charge in [-0.1, -0.05) is 0 Å². The molecule has 164 valence electrons. The minimum atomic E-state index is -0.578. The van der Waals surface area contributed by atoms with Gasteiger partial charge in [-0.05, 0) is 53.4 Å². The van der Waals surface area contributed by atoms with Crippen LogP contribution < -0.4 is 5.32 Å². The van der Waals surface area contributed by atoms with Crippen LogP contribution in [0.15, 0.2) is 9.41 Å². The molecule has 1 aromatic rings. The molecule has 1 aliphatic carbocycles. The highest BCUT2D eigenvalue weighted by Gasteiger charge is 2.51. The lowest BCUT2D eigenvalue weighted by molar-refractivity contribution is -0.0584. The molecule has 2 atom stereocenters. The molecule has 0 unspecified atom stereocenters.